The van der Waals surface area contributed by atoms with Gasteiger partial charge in [-0.25, -0.2) is 0 Å². The second kappa shape index (κ2) is 4.68. The van der Waals surface area contributed by atoms with Gasteiger partial charge < -0.3 is 0 Å². The van der Waals surface area contributed by atoms with Crippen LogP contribution in [0.1, 0.15) is 5.56 Å². The highest BCUT2D eigenvalue weighted by molar-refractivity contribution is 9.10. The third-order valence-electron chi connectivity index (χ3n) is 2.91. The number of aromatic nitrogens is 3. The van der Waals surface area contributed by atoms with Crippen molar-refractivity contribution in [1.29, 1.82) is 0 Å². The van der Waals surface area contributed by atoms with Crippen LogP contribution >= 0.6 is 15.9 Å². The van der Waals surface area contributed by atoms with Crippen LogP contribution in [0.2, 0.25) is 0 Å². The zero-order valence-corrected chi connectivity index (χ0v) is 12.9. The second-order valence-electron chi connectivity index (χ2n) is 4.32. The predicted molar refractivity (Wildman–Crippen MR) is 79.0 cm³/mol. The van der Waals surface area contributed by atoms with E-state index in [0.717, 1.165) is 9.65 Å². The maximum atomic E-state index is 12.6. The summed E-state index contributed by atoms with van der Waals surface area (Å²) in [5, 5.41) is 4.04. The van der Waals surface area contributed by atoms with Crippen molar-refractivity contribution < 1.29 is 8.42 Å². The zero-order chi connectivity index (χ0) is 14.3. The molecule has 0 spiro atoms. The number of aryl methyl sites for hydroxylation is 1. The normalized spacial score (nSPS) is 11.9. The molecule has 0 aliphatic rings. The van der Waals surface area contributed by atoms with Crippen molar-refractivity contribution in [2.24, 2.45) is 0 Å². The number of benzene rings is 1. The number of hydrogen-bond donors (Lipinski definition) is 0. The molecule has 0 unspecified atom stereocenters. The minimum atomic E-state index is -3.73. The van der Waals surface area contributed by atoms with Gasteiger partial charge in [0.25, 0.3) is 10.0 Å². The van der Waals surface area contributed by atoms with E-state index in [1.807, 2.05) is 6.92 Å². The lowest BCUT2D eigenvalue weighted by Crippen LogP contribution is -2.14. The SMILES string of the molecule is Cc1ccc(S(=O)(=O)n2nc(Br)c3ncccc32)cc1. The lowest BCUT2D eigenvalue weighted by atomic mass is 10.2. The quantitative estimate of drug-likeness (QED) is 0.711. The largest absolute Gasteiger partial charge is 0.283 e. The summed E-state index contributed by atoms with van der Waals surface area (Å²) in [6.45, 7) is 1.90. The van der Waals surface area contributed by atoms with Crippen molar-refractivity contribution in [2.75, 3.05) is 0 Å². The number of hydrogen-bond acceptors (Lipinski definition) is 4. The van der Waals surface area contributed by atoms with E-state index < -0.39 is 10.0 Å². The first-order valence-corrected chi connectivity index (χ1v) is 8.05. The Balaban J connectivity index is 2.27. The van der Waals surface area contributed by atoms with Gasteiger partial charge in [-0.3, -0.25) is 4.98 Å². The fraction of sp³-hybridized carbons (Fsp3) is 0.0769. The van der Waals surface area contributed by atoms with E-state index in [9.17, 15) is 8.42 Å². The van der Waals surface area contributed by atoms with Crippen LogP contribution in [0.15, 0.2) is 52.1 Å². The molecule has 0 radical (unpaired) electrons. The fourth-order valence-corrected chi connectivity index (χ4v) is 3.73. The molecule has 3 rings (SSSR count). The summed E-state index contributed by atoms with van der Waals surface area (Å²) in [6, 6.07) is 10.0. The summed E-state index contributed by atoms with van der Waals surface area (Å²) in [7, 11) is -3.73. The summed E-state index contributed by atoms with van der Waals surface area (Å²) >= 11 is 3.24. The molecule has 102 valence electrons. The van der Waals surface area contributed by atoms with Gasteiger partial charge in [0.05, 0.1) is 4.90 Å². The molecule has 20 heavy (non-hydrogen) atoms. The summed E-state index contributed by atoms with van der Waals surface area (Å²) < 4.78 is 26.7. The Morgan fingerprint density at radius 2 is 1.85 bits per heavy atom. The first-order chi connectivity index (χ1) is 9.50. The first-order valence-electron chi connectivity index (χ1n) is 5.81. The Labute approximate surface area is 124 Å². The van der Waals surface area contributed by atoms with E-state index in [1.54, 1.807) is 42.6 Å². The molecule has 0 atom stereocenters. The van der Waals surface area contributed by atoms with E-state index in [0.29, 0.717) is 15.6 Å². The standard InChI is InChI=1S/C13H10BrN3O2S/c1-9-4-6-10(7-5-9)20(18,19)17-11-3-2-8-15-12(11)13(14)16-17/h2-8H,1H3. The van der Waals surface area contributed by atoms with Gasteiger partial charge in [0.2, 0.25) is 0 Å². The maximum Gasteiger partial charge on any atom is 0.283 e. The molecule has 0 amide bonds. The van der Waals surface area contributed by atoms with E-state index in [4.69, 9.17) is 0 Å². The highest BCUT2D eigenvalue weighted by Gasteiger charge is 2.22. The average Bonchev–Trinajstić information content (AvgIpc) is 2.78. The minimum Gasteiger partial charge on any atom is -0.252 e. The number of nitrogens with zero attached hydrogens (tertiary/aromatic N) is 3. The van der Waals surface area contributed by atoms with E-state index in [-0.39, 0.29) is 4.90 Å². The van der Waals surface area contributed by atoms with Gasteiger partial charge in [0, 0.05) is 6.20 Å². The molecule has 0 saturated heterocycles. The molecule has 0 saturated carbocycles. The molecule has 7 heteroatoms. The average molecular weight is 352 g/mol. The van der Waals surface area contributed by atoms with Gasteiger partial charge in [-0.05, 0) is 47.1 Å². The molecule has 0 bridgehead atoms. The minimum absolute atomic E-state index is 0.198. The molecule has 5 nitrogen and oxygen atoms in total. The van der Waals surface area contributed by atoms with Crippen LogP contribution in [0, 0.1) is 6.92 Å². The highest BCUT2D eigenvalue weighted by atomic mass is 79.9. The molecule has 2 aromatic heterocycles. The van der Waals surface area contributed by atoms with E-state index in [2.05, 4.69) is 26.0 Å². The van der Waals surface area contributed by atoms with Crippen molar-refractivity contribution in [3.63, 3.8) is 0 Å². The molecule has 1 aromatic carbocycles. The molecular weight excluding hydrogens is 342 g/mol. The number of fused-ring (bicyclic) bond motifs is 1. The van der Waals surface area contributed by atoms with Crippen molar-refractivity contribution in [1.82, 2.24) is 14.2 Å². The van der Waals surface area contributed by atoms with E-state index in [1.165, 1.54) is 0 Å². The third kappa shape index (κ3) is 2.03. The van der Waals surface area contributed by atoms with Crippen LogP contribution in [0.4, 0.5) is 0 Å². The maximum absolute atomic E-state index is 12.6. The smallest absolute Gasteiger partial charge is 0.252 e. The monoisotopic (exact) mass is 351 g/mol. The molecule has 3 aromatic rings. The van der Waals surface area contributed by atoms with Crippen LogP contribution in [0.5, 0.6) is 0 Å². The zero-order valence-electron chi connectivity index (χ0n) is 10.5. The summed E-state index contributed by atoms with van der Waals surface area (Å²) in [5.74, 6) is 0. The lowest BCUT2D eigenvalue weighted by Gasteiger charge is -2.05. The molecule has 0 N–H and O–H groups in total. The molecule has 0 aliphatic carbocycles. The summed E-state index contributed by atoms with van der Waals surface area (Å²) in [4.78, 5) is 4.33. The number of halogens is 1. The van der Waals surface area contributed by atoms with Crippen molar-refractivity contribution >= 4 is 37.0 Å². The van der Waals surface area contributed by atoms with Crippen LogP contribution in [0.3, 0.4) is 0 Å². The fourth-order valence-electron chi connectivity index (χ4n) is 1.88. The van der Waals surface area contributed by atoms with Crippen molar-refractivity contribution in [3.8, 4) is 0 Å². The Morgan fingerprint density at radius 3 is 2.55 bits per heavy atom. The number of rotatable bonds is 2. The van der Waals surface area contributed by atoms with Crippen LogP contribution in [-0.2, 0) is 10.0 Å². The second-order valence-corrected chi connectivity index (χ2v) is 6.84. The number of pyridine rings is 1. The van der Waals surface area contributed by atoms with E-state index >= 15 is 0 Å². The Hall–Kier alpha value is -1.73. The highest BCUT2D eigenvalue weighted by Crippen LogP contribution is 2.24. The predicted octanol–water partition coefficient (Wildman–Crippen LogP) is 2.74. The third-order valence-corrected chi connectivity index (χ3v) is 5.05. The Kier molecular flexibility index (Phi) is 3.10. The topological polar surface area (TPSA) is 64.8 Å². The summed E-state index contributed by atoms with van der Waals surface area (Å²) in [5.41, 5.74) is 1.96. The van der Waals surface area contributed by atoms with Gasteiger partial charge in [0.15, 0.2) is 4.60 Å². The van der Waals surface area contributed by atoms with Gasteiger partial charge in [0.1, 0.15) is 11.0 Å². The van der Waals surface area contributed by atoms with Gasteiger partial charge >= 0.3 is 0 Å². The molecular formula is C13H10BrN3O2S. The van der Waals surface area contributed by atoms with Crippen molar-refractivity contribution in [3.05, 3.63) is 52.8 Å². The molecule has 0 fully saturated rings. The van der Waals surface area contributed by atoms with Crippen LogP contribution in [-0.4, -0.2) is 22.6 Å². The van der Waals surface area contributed by atoms with Crippen LogP contribution in [0.25, 0.3) is 11.0 Å². The Morgan fingerprint density at radius 1 is 1.15 bits per heavy atom. The van der Waals surface area contributed by atoms with Gasteiger partial charge in [-0.1, -0.05) is 17.7 Å². The lowest BCUT2D eigenvalue weighted by molar-refractivity contribution is 0.582. The van der Waals surface area contributed by atoms with Crippen molar-refractivity contribution in [2.45, 2.75) is 11.8 Å². The van der Waals surface area contributed by atoms with Crippen LogP contribution < -0.4 is 0 Å². The Bertz CT molecular complexity index is 886. The van der Waals surface area contributed by atoms with Gasteiger partial charge in [-0.15, -0.1) is 5.10 Å². The molecule has 0 aliphatic heterocycles. The first kappa shape index (κ1) is 13.3. The van der Waals surface area contributed by atoms with Gasteiger partial charge in [-0.2, -0.15) is 12.5 Å². The summed E-state index contributed by atoms with van der Waals surface area (Å²) in [6.07, 6.45) is 1.59. The molecule has 2 heterocycles.